The molecule has 2 heterocycles. The largest absolute Gasteiger partial charge is 0.484 e. The van der Waals surface area contributed by atoms with Crippen molar-refractivity contribution in [3.8, 4) is 16.2 Å². The Kier molecular flexibility index (Phi) is 8.15. The molecule has 0 aliphatic carbocycles. The van der Waals surface area contributed by atoms with Crippen LogP contribution in [0.2, 0.25) is 0 Å². The minimum atomic E-state index is -0.340. The number of likely N-dealkylation sites (N-methyl/N-ethyl adjacent to an activating group) is 1. The van der Waals surface area contributed by atoms with E-state index in [-0.39, 0.29) is 18.3 Å². The SMILES string of the molecule is Cc1nc(CN(C)C(=O)COc2ccc(F)cc2)c(-c2ccc(CN3C[C@@H](C)N[C@@H](C)C3)cc2)s1. The number of carbonyl (C=O) groups is 1. The lowest BCUT2D eigenvalue weighted by Crippen LogP contribution is -2.53. The summed E-state index contributed by atoms with van der Waals surface area (Å²) >= 11 is 1.64. The lowest BCUT2D eigenvalue weighted by molar-refractivity contribution is -0.132. The first-order chi connectivity index (χ1) is 16.8. The maximum atomic E-state index is 13.1. The fourth-order valence-corrected chi connectivity index (χ4v) is 5.42. The maximum Gasteiger partial charge on any atom is 0.260 e. The summed E-state index contributed by atoms with van der Waals surface area (Å²) in [6.45, 7) is 9.77. The molecule has 3 aromatic rings. The van der Waals surface area contributed by atoms with E-state index >= 15 is 0 Å². The second-order valence-corrected chi connectivity index (χ2v) is 10.6. The van der Waals surface area contributed by atoms with Gasteiger partial charge in [-0.1, -0.05) is 24.3 Å². The van der Waals surface area contributed by atoms with Gasteiger partial charge in [-0.3, -0.25) is 9.69 Å². The Morgan fingerprint density at radius 2 is 1.80 bits per heavy atom. The zero-order valence-electron chi connectivity index (χ0n) is 20.8. The van der Waals surface area contributed by atoms with Crippen molar-refractivity contribution < 1.29 is 13.9 Å². The average molecular weight is 497 g/mol. The Morgan fingerprint density at radius 3 is 2.46 bits per heavy atom. The number of benzene rings is 2. The molecule has 1 aromatic heterocycles. The standard InChI is InChI=1S/C27H33FN4O2S/c1-18-13-32(14-19(2)29-18)15-21-5-7-22(8-6-21)27-25(30-20(3)35-27)16-31(4)26(33)17-34-24-11-9-23(28)10-12-24/h5-12,18-19,29H,13-17H2,1-4H3/t18-,19+. The van der Waals surface area contributed by atoms with E-state index in [0.29, 0.717) is 24.4 Å². The van der Waals surface area contributed by atoms with Crippen LogP contribution in [0.15, 0.2) is 48.5 Å². The van der Waals surface area contributed by atoms with Crippen LogP contribution in [0.5, 0.6) is 5.75 Å². The van der Waals surface area contributed by atoms with Crippen molar-refractivity contribution in [1.29, 1.82) is 0 Å². The smallest absolute Gasteiger partial charge is 0.260 e. The number of piperazine rings is 1. The lowest BCUT2D eigenvalue weighted by atomic mass is 10.1. The van der Waals surface area contributed by atoms with Crippen molar-refractivity contribution in [3.05, 3.63) is 70.6 Å². The molecule has 35 heavy (non-hydrogen) atoms. The molecule has 1 N–H and O–H groups in total. The molecular weight excluding hydrogens is 463 g/mol. The highest BCUT2D eigenvalue weighted by Crippen LogP contribution is 2.31. The molecule has 1 aliphatic rings. The number of nitrogens with zero attached hydrogens (tertiary/aromatic N) is 3. The number of nitrogens with one attached hydrogen (secondary N) is 1. The number of thiazole rings is 1. The number of aryl methyl sites for hydroxylation is 1. The van der Waals surface area contributed by atoms with Crippen LogP contribution < -0.4 is 10.1 Å². The number of ether oxygens (including phenoxy) is 1. The molecule has 0 radical (unpaired) electrons. The highest BCUT2D eigenvalue weighted by molar-refractivity contribution is 7.15. The number of rotatable bonds is 8. The van der Waals surface area contributed by atoms with E-state index < -0.39 is 0 Å². The molecule has 1 aliphatic heterocycles. The van der Waals surface area contributed by atoms with Gasteiger partial charge in [0, 0.05) is 38.8 Å². The van der Waals surface area contributed by atoms with Crippen molar-refractivity contribution in [2.75, 3.05) is 26.7 Å². The van der Waals surface area contributed by atoms with Crippen LogP contribution in [0, 0.1) is 12.7 Å². The van der Waals surface area contributed by atoms with E-state index in [1.54, 1.807) is 23.3 Å². The molecule has 186 valence electrons. The van der Waals surface area contributed by atoms with Gasteiger partial charge in [-0.25, -0.2) is 9.37 Å². The first kappa shape index (κ1) is 25.3. The fourth-order valence-electron chi connectivity index (χ4n) is 4.49. The summed E-state index contributed by atoms with van der Waals surface area (Å²) in [5.41, 5.74) is 3.28. The predicted octanol–water partition coefficient (Wildman–Crippen LogP) is 4.48. The van der Waals surface area contributed by atoms with Crippen molar-refractivity contribution in [2.45, 2.75) is 45.9 Å². The Labute approximate surface area is 210 Å². The third-order valence-electron chi connectivity index (χ3n) is 6.05. The van der Waals surface area contributed by atoms with Crippen molar-refractivity contribution in [1.82, 2.24) is 20.1 Å². The van der Waals surface area contributed by atoms with E-state index in [1.807, 2.05) is 6.92 Å². The van der Waals surface area contributed by atoms with Crippen LogP contribution in [0.4, 0.5) is 4.39 Å². The van der Waals surface area contributed by atoms with Gasteiger partial charge >= 0.3 is 0 Å². The molecule has 2 aromatic carbocycles. The molecule has 4 rings (SSSR count). The predicted molar refractivity (Wildman–Crippen MR) is 138 cm³/mol. The molecule has 0 unspecified atom stereocenters. The second kappa shape index (κ2) is 11.3. The monoisotopic (exact) mass is 496 g/mol. The second-order valence-electron chi connectivity index (χ2n) is 9.36. The third kappa shape index (κ3) is 6.87. The first-order valence-corrected chi connectivity index (χ1v) is 12.7. The quantitative estimate of drug-likeness (QED) is 0.499. The minimum Gasteiger partial charge on any atom is -0.484 e. The number of amides is 1. The number of aromatic nitrogens is 1. The zero-order chi connectivity index (χ0) is 24.9. The van der Waals surface area contributed by atoms with Gasteiger partial charge in [0.05, 0.1) is 22.1 Å². The summed E-state index contributed by atoms with van der Waals surface area (Å²) in [5, 5.41) is 4.54. The van der Waals surface area contributed by atoms with Gasteiger partial charge in [-0.05, 0) is 56.2 Å². The molecule has 1 fully saturated rings. The molecule has 8 heteroatoms. The van der Waals surface area contributed by atoms with E-state index in [9.17, 15) is 9.18 Å². The van der Waals surface area contributed by atoms with Gasteiger partial charge in [0.2, 0.25) is 0 Å². The molecule has 0 saturated carbocycles. The summed E-state index contributed by atoms with van der Waals surface area (Å²) in [6.07, 6.45) is 0. The van der Waals surface area contributed by atoms with E-state index in [2.05, 4.69) is 48.3 Å². The molecule has 0 spiro atoms. The normalized spacial score (nSPS) is 18.4. The number of hydrogen-bond acceptors (Lipinski definition) is 6. The molecule has 0 bridgehead atoms. The van der Waals surface area contributed by atoms with Gasteiger partial charge in [0.1, 0.15) is 11.6 Å². The maximum absolute atomic E-state index is 13.1. The molecule has 6 nitrogen and oxygen atoms in total. The summed E-state index contributed by atoms with van der Waals surface area (Å²) < 4.78 is 18.6. The van der Waals surface area contributed by atoms with Gasteiger partial charge in [0.15, 0.2) is 6.61 Å². The number of halogens is 1. The van der Waals surface area contributed by atoms with Crippen LogP contribution in [0.3, 0.4) is 0 Å². The Hall–Kier alpha value is -2.81. The highest BCUT2D eigenvalue weighted by atomic mass is 32.1. The molecular formula is C27H33FN4O2S. The fraction of sp³-hybridized carbons (Fsp3) is 0.407. The van der Waals surface area contributed by atoms with E-state index in [0.717, 1.165) is 40.8 Å². The van der Waals surface area contributed by atoms with Crippen LogP contribution in [-0.2, 0) is 17.9 Å². The average Bonchev–Trinajstić information content (AvgIpc) is 3.18. The van der Waals surface area contributed by atoms with Crippen LogP contribution >= 0.6 is 11.3 Å². The van der Waals surface area contributed by atoms with Crippen LogP contribution in [0.25, 0.3) is 10.4 Å². The molecule has 1 saturated heterocycles. The van der Waals surface area contributed by atoms with E-state index in [4.69, 9.17) is 9.72 Å². The number of hydrogen-bond donors (Lipinski definition) is 1. The lowest BCUT2D eigenvalue weighted by Gasteiger charge is -2.36. The third-order valence-corrected chi connectivity index (χ3v) is 7.11. The topological polar surface area (TPSA) is 57.7 Å². The van der Waals surface area contributed by atoms with Gasteiger partial charge < -0.3 is 15.0 Å². The minimum absolute atomic E-state index is 0.113. The summed E-state index contributed by atoms with van der Waals surface area (Å²) in [5.74, 6) is -0.0443. The van der Waals surface area contributed by atoms with Crippen molar-refractivity contribution in [2.24, 2.45) is 0 Å². The van der Waals surface area contributed by atoms with Gasteiger partial charge in [-0.15, -0.1) is 11.3 Å². The first-order valence-electron chi connectivity index (χ1n) is 11.9. The zero-order valence-corrected chi connectivity index (χ0v) is 21.6. The van der Waals surface area contributed by atoms with Crippen molar-refractivity contribution >= 4 is 17.2 Å². The number of carbonyl (C=O) groups excluding carboxylic acids is 1. The summed E-state index contributed by atoms with van der Waals surface area (Å²) in [4.78, 5) is 22.5. The molecule has 2 atom stereocenters. The highest BCUT2D eigenvalue weighted by Gasteiger charge is 2.21. The molecule has 1 amide bonds. The summed E-state index contributed by atoms with van der Waals surface area (Å²) in [6, 6.07) is 15.3. The Bertz CT molecular complexity index is 1120. The Balaban J connectivity index is 1.38. The van der Waals surface area contributed by atoms with Crippen molar-refractivity contribution in [3.63, 3.8) is 0 Å². The van der Waals surface area contributed by atoms with Gasteiger partial charge in [-0.2, -0.15) is 0 Å². The van der Waals surface area contributed by atoms with Gasteiger partial charge in [0.25, 0.3) is 5.91 Å². The van der Waals surface area contributed by atoms with Crippen LogP contribution in [-0.4, -0.2) is 59.5 Å². The van der Waals surface area contributed by atoms with Crippen LogP contribution in [0.1, 0.15) is 30.1 Å². The Morgan fingerprint density at radius 1 is 1.14 bits per heavy atom. The summed E-state index contributed by atoms with van der Waals surface area (Å²) in [7, 11) is 1.74. The van der Waals surface area contributed by atoms with E-state index in [1.165, 1.54) is 29.8 Å².